The molecule has 0 unspecified atom stereocenters. The zero-order valence-electron chi connectivity index (χ0n) is 13.8. The van der Waals surface area contributed by atoms with Crippen LogP contribution in [0.4, 0.5) is 0 Å². The fourth-order valence-corrected chi connectivity index (χ4v) is 1.82. The van der Waals surface area contributed by atoms with Gasteiger partial charge in [0.2, 0.25) is 0 Å². The number of carbonyl (C=O) groups is 1. The van der Waals surface area contributed by atoms with Gasteiger partial charge in [0, 0.05) is 19.3 Å². The Balaban J connectivity index is 3.43. The highest BCUT2D eigenvalue weighted by atomic mass is 16.4. The first-order valence-electron chi connectivity index (χ1n) is 8.36. The van der Waals surface area contributed by atoms with Gasteiger partial charge < -0.3 is 5.11 Å². The Morgan fingerprint density at radius 2 is 1.23 bits per heavy atom. The van der Waals surface area contributed by atoms with E-state index in [4.69, 9.17) is 5.11 Å². The van der Waals surface area contributed by atoms with Gasteiger partial charge in [0.05, 0.1) is 12.8 Å². The van der Waals surface area contributed by atoms with E-state index >= 15 is 0 Å². The Hall–Kier alpha value is -1.85. The predicted octanol–water partition coefficient (Wildman–Crippen LogP) is 4.78. The summed E-state index contributed by atoms with van der Waals surface area (Å²) in [6.07, 6.45) is 11.0. The van der Waals surface area contributed by atoms with E-state index in [1.807, 2.05) is 0 Å². The SMILES string of the molecule is CCCCCCC#CCC#CCC#CCCCCCC(=O)O. The van der Waals surface area contributed by atoms with Crippen LogP contribution in [0.3, 0.4) is 0 Å². The maximum atomic E-state index is 10.3. The summed E-state index contributed by atoms with van der Waals surface area (Å²) >= 11 is 0. The van der Waals surface area contributed by atoms with E-state index in [0.717, 1.165) is 32.1 Å². The molecule has 0 heterocycles. The Labute approximate surface area is 136 Å². The second-order valence-electron chi connectivity index (χ2n) is 5.18. The third-order valence-electron chi connectivity index (χ3n) is 3.08. The monoisotopic (exact) mass is 300 g/mol. The molecule has 22 heavy (non-hydrogen) atoms. The molecule has 0 aromatic heterocycles. The highest BCUT2D eigenvalue weighted by Gasteiger charge is 1.94. The Bertz CT molecular complexity index is 457. The average molecular weight is 300 g/mol. The number of unbranched alkanes of at least 4 members (excludes halogenated alkanes) is 7. The van der Waals surface area contributed by atoms with Crippen LogP contribution in [0.1, 0.15) is 84.0 Å². The van der Waals surface area contributed by atoms with Crippen LogP contribution >= 0.6 is 0 Å². The third kappa shape index (κ3) is 18.1. The molecule has 1 N–H and O–H groups in total. The van der Waals surface area contributed by atoms with Crippen molar-refractivity contribution >= 4 is 5.97 Å². The maximum absolute atomic E-state index is 10.3. The van der Waals surface area contributed by atoms with Crippen molar-refractivity contribution in [3.05, 3.63) is 0 Å². The van der Waals surface area contributed by atoms with Gasteiger partial charge >= 0.3 is 5.97 Å². The Morgan fingerprint density at radius 3 is 1.73 bits per heavy atom. The minimum absolute atomic E-state index is 0.262. The van der Waals surface area contributed by atoms with Gasteiger partial charge in [-0.25, -0.2) is 0 Å². The fourth-order valence-electron chi connectivity index (χ4n) is 1.82. The van der Waals surface area contributed by atoms with E-state index in [1.54, 1.807) is 0 Å². The van der Waals surface area contributed by atoms with E-state index in [9.17, 15) is 4.79 Å². The van der Waals surface area contributed by atoms with Crippen LogP contribution in [0, 0.1) is 35.5 Å². The van der Waals surface area contributed by atoms with E-state index in [2.05, 4.69) is 42.4 Å². The predicted molar refractivity (Wildman–Crippen MR) is 92.0 cm³/mol. The first-order chi connectivity index (χ1) is 10.8. The van der Waals surface area contributed by atoms with Crippen molar-refractivity contribution in [2.24, 2.45) is 0 Å². The highest BCUT2D eigenvalue weighted by molar-refractivity contribution is 5.66. The lowest BCUT2D eigenvalue weighted by molar-refractivity contribution is -0.137. The zero-order valence-corrected chi connectivity index (χ0v) is 13.8. The van der Waals surface area contributed by atoms with Gasteiger partial charge in [0.25, 0.3) is 0 Å². The van der Waals surface area contributed by atoms with Gasteiger partial charge in [-0.3, -0.25) is 4.79 Å². The molecular formula is C20H28O2. The Morgan fingerprint density at radius 1 is 0.727 bits per heavy atom. The topological polar surface area (TPSA) is 37.3 Å². The summed E-state index contributed by atoms with van der Waals surface area (Å²) in [7, 11) is 0. The molecule has 2 nitrogen and oxygen atoms in total. The van der Waals surface area contributed by atoms with Crippen LogP contribution in [0.2, 0.25) is 0 Å². The van der Waals surface area contributed by atoms with Crippen molar-refractivity contribution in [3.8, 4) is 35.5 Å². The van der Waals surface area contributed by atoms with Crippen molar-refractivity contribution in [1.29, 1.82) is 0 Å². The summed E-state index contributed by atoms with van der Waals surface area (Å²) in [6, 6.07) is 0. The van der Waals surface area contributed by atoms with E-state index < -0.39 is 5.97 Å². The number of hydrogen-bond donors (Lipinski definition) is 1. The first kappa shape index (κ1) is 20.1. The lowest BCUT2D eigenvalue weighted by Gasteiger charge is -1.93. The normalized spacial score (nSPS) is 8.77. The summed E-state index contributed by atoms with van der Waals surface area (Å²) in [6.45, 7) is 2.21. The summed E-state index contributed by atoms with van der Waals surface area (Å²) in [5, 5.41) is 8.49. The zero-order chi connectivity index (χ0) is 16.3. The smallest absolute Gasteiger partial charge is 0.303 e. The van der Waals surface area contributed by atoms with Gasteiger partial charge in [0.15, 0.2) is 0 Å². The number of carboxylic acid groups (broad SMARTS) is 1. The van der Waals surface area contributed by atoms with Gasteiger partial charge in [-0.05, 0) is 19.3 Å². The number of rotatable bonds is 9. The molecule has 0 fully saturated rings. The molecule has 0 atom stereocenters. The van der Waals surface area contributed by atoms with Crippen molar-refractivity contribution in [3.63, 3.8) is 0 Å². The summed E-state index contributed by atoms with van der Waals surface area (Å²) < 4.78 is 0. The first-order valence-corrected chi connectivity index (χ1v) is 8.36. The molecule has 0 radical (unpaired) electrons. The molecule has 0 saturated carbocycles. The van der Waals surface area contributed by atoms with Crippen LogP contribution in [0.25, 0.3) is 0 Å². The molecule has 0 aromatic carbocycles. The molecule has 2 heteroatoms. The average Bonchev–Trinajstić information content (AvgIpc) is 2.50. The summed E-state index contributed by atoms with van der Waals surface area (Å²) in [4.78, 5) is 10.3. The van der Waals surface area contributed by atoms with E-state index in [1.165, 1.54) is 25.7 Å². The van der Waals surface area contributed by atoms with Crippen LogP contribution in [0.15, 0.2) is 0 Å². The highest BCUT2D eigenvalue weighted by Crippen LogP contribution is 2.02. The standard InChI is InChI=1S/C20H28O2/c1-2-3-4-5-6-7-8-9-10-11-12-13-14-15-16-17-18-19-20(21)22/h2-6,9,12,15-19H2,1H3,(H,21,22). The van der Waals surface area contributed by atoms with Crippen molar-refractivity contribution in [2.45, 2.75) is 84.0 Å². The maximum Gasteiger partial charge on any atom is 0.303 e. The molecule has 0 amide bonds. The van der Waals surface area contributed by atoms with Gasteiger partial charge in [0.1, 0.15) is 0 Å². The quantitative estimate of drug-likeness (QED) is 0.491. The van der Waals surface area contributed by atoms with Crippen molar-refractivity contribution < 1.29 is 9.90 Å². The van der Waals surface area contributed by atoms with Crippen molar-refractivity contribution in [1.82, 2.24) is 0 Å². The lowest BCUT2D eigenvalue weighted by Crippen LogP contribution is -1.93. The molecular weight excluding hydrogens is 272 g/mol. The second-order valence-corrected chi connectivity index (χ2v) is 5.18. The van der Waals surface area contributed by atoms with Gasteiger partial charge in [-0.15, -0.1) is 11.8 Å². The molecule has 0 aliphatic rings. The number of aliphatic carboxylic acids is 1. The molecule has 120 valence electrons. The van der Waals surface area contributed by atoms with Gasteiger partial charge in [-0.2, -0.15) is 0 Å². The van der Waals surface area contributed by atoms with Gasteiger partial charge in [-0.1, -0.05) is 56.3 Å². The molecule has 0 aliphatic heterocycles. The second kappa shape index (κ2) is 17.2. The fraction of sp³-hybridized carbons (Fsp3) is 0.650. The van der Waals surface area contributed by atoms with Crippen LogP contribution < -0.4 is 0 Å². The minimum Gasteiger partial charge on any atom is -0.481 e. The molecule has 0 aliphatic carbocycles. The van der Waals surface area contributed by atoms with Crippen LogP contribution in [0.5, 0.6) is 0 Å². The van der Waals surface area contributed by atoms with Crippen LogP contribution in [-0.4, -0.2) is 11.1 Å². The van der Waals surface area contributed by atoms with E-state index in [0.29, 0.717) is 12.8 Å². The molecule has 0 spiro atoms. The molecule has 0 saturated heterocycles. The number of hydrogen-bond acceptors (Lipinski definition) is 1. The third-order valence-corrected chi connectivity index (χ3v) is 3.08. The molecule has 0 bridgehead atoms. The molecule has 0 rings (SSSR count). The summed E-state index contributed by atoms with van der Waals surface area (Å²) in [5.41, 5.74) is 0. The largest absolute Gasteiger partial charge is 0.481 e. The number of carboxylic acids is 1. The minimum atomic E-state index is -0.717. The van der Waals surface area contributed by atoms with Crippen LogP contribution in [-0.2, 0) is 4.79 Å². The van der Waals surface area contributed by atoms with E-state index in [-0.39, 0.29) is 6.42 Å². The van der Waals surface area contributed by atoms with Crippen molar-refractivity contribution in [2.75, 3.05) is 0 Å². The summed E-state index contributed by atoms with van der Waals surface area (Å²) in [5.74, 6) is 17.6. The Kier molecular flexibility index (Phi) is 15.8. The molecule has 0 aromatic rings. The lowest BCUT2D eigenvalue weighted by atomic mass is 10.1.